The van der Waals surface area contributed by atoms with Gasteiger partial charge in [-0.3, -0.25) is 4.79 Å². The fraction of sp³-hybridized carbons (Fsp3) is 0.867. The van der Waals surface area contributed by atoms with Gasteiger partial charge in [0.05, 0.1) is 10.4 Å². The van der Waals surface area contributed by atoms with Gasteiger partial charge < -0.3 is 10.6 Å². The summed E-state index contributed by atoms with van der Waals surface area (Å²) in [5.41, 5.74) is 5.37. The maximum Gasteiger partial charge on any atom is 0.235 e. The normalized spacial score (nSPS) is 18.9. The molecule has 0 aromatic heterocycles. The Kier molecular flexibility index (Phi) is 6.32. The lowest BCUT2D eigenvalue weighted by Gasteiger charge is -2.42. The van der Waals surface area contributed by atoms with Gasteiger partial charge in [-0.05, 0) is 26.7 Å². The van der Waals surface area contributed by atoms with Gasteiger partial charge in [0, 0.05) is 23.6 Å². The van der Waals surface area contributed by atoms with Gasteiger partial charge in [0.2, 0.25) is 5.91 Å². The van der Waals surface area contributed by atoms with Crippen LogP contribution in [-0.4, -0.2) is 39.4 Å². The number of hydrogen-bond acceptors (Lipinski definition) is 3. The molecule has 3 nitrogen and oxygen atoms in total. The molecule has 20 heavy (non-hydrogen) atoms. The minimum atomic E-state index is -0.628. The topological polar surface area (TPSA) is 46.3 Å². The van der Waals surface area contributed by atoms with Gasteiger partial charge in [0.15, 0.2) is 0 Å². The quantitative estimate of drug-likeness (QED) is 0.764. The average Bonchev–Trinajstić information content (AvgIpc) is 2.36. The van der Waals surface area contributed by atoms with Crippen LogP contribution in [0.4, 0.5) is 0 Å². The van der Waals surface area contributed by atoms with Gasteiger partial charge in [-0.15, -0.1) is 0 Å². The Morgan fingerprint density at radius 2 is 1.90 bits per heavy atom. The number of nitrogens with two attached hydrogens (primary N) is 1. The number of thioether (sulfide) groups is 1. The molecule has 1 aliphatic heterocycles. The van der Waals surface area contributed by atoms with Crippen LogP contribution >= 0.6 is 24.0 Å². The number of rotatable bonds is 6. The first-order chi connectivity index (χ1) is 9.29. The molecule has 0 aromatic carbocycles. The Balaban J connectivity index is 3.00. The number of amides is 1. The van der Waals surface area contributed by atoms with E-state index in [1.54, 1.807) is 0 Å². The number of carbonyl (C=O) groups is 1. The molecule has 5 heteroatoms. The molecule has 0 aliphatic carbocycles. The molecule has 0 bridgehead atoms. The van der Waals surface area contributed by atoms with E-state index in [-0.39, 0.29) is 10.7 Å². The zero-order valence-electron chi connectivity index (χ0n) is 13.2. The van der Waals surface area contributed by atoms with Crippen LogP contribution in [-0.2, 0) is 4.79 Å². The lowest BCUT2D eigenvalue weighted by Crippen LogP contribution is -2.55. The van der Waals surface area contributed by atoms with Crippen molar-refractivity contribution in [3.8, 4) is 0 Å². The van der Waals surface area contributed by atoms with Gasteiger partial charge in [0.1, 0.15) is 0 Å². The molecule has 1 rings (SSSR count). The van der Waals surface area contributed by atoms with Crippen LogP contribution in [0, 0.1) is 5.41 Å². The second kappa shape index (κ2) is 7.12. The van der Waals surface area contributed by atoms with Crippen LogP contribution in [0.15, 0.2) is 0 Å². The van der Waals surface area contributed by atoms with Crippen molar-refractivity contribution in [3.05, 3.63) is 0 Å². The van der Waals surface area contributed by atoms with Crippen LogP contribution in [0.5, 0.6) is 0 Å². The summed E-state index contributed by atoms with van der Waals surface area (Å²) in [7, 11) is 0. The Hall–Kier alpha value is -0.290. The van der Waals surface area contributed by atoms with E-state index in [2.05, 4.69) is 27.7 Å². The summed E-state index contributed by atoms with van der Waals surface area (Å²) in [5, 5.41) is 0. The smallest absolute Gasteiger partial charge is 0.235 e. The minimum Gasteiger partial charge on any atom is -0.392 e. The molecular weight excluding hydrogens is 288 g/mol. The van der Waals surface area contributed by atoms with E-state index in [0.717, 1.165) is 44.5 Å². The minimum absolute atomic E-state index is 0.119. The second-order valence-electron chi connectivity index (χ2n) is 6.28. The fourth-order valence-corrected chi connectivity index (χ4v) is 4.44. The van der Waals surface area contributed by atoms with E-state index in [0.29, 0.717) is 4.99 Å². The Bertz CT molecular complexity index is 363. The Morgan fingerprint density at radius 1 is 1.35 bits per heavy atom. The van der Waals surface area contributed by atoms with Crippen LogP contribution in [0.25, 0.3) is 0 Å². The first kappa shape index (κ1) is 17.8. The molecule has 0 saturated carbocycles. The molecule has 0 spiro atoms. The molecule has 0 unspecified atom stereocenters. The number of thiocarbonyl (C=S) groups is 1. The fourth-order valence-electron chi connectivity index (χ4n) is 3.04. The summed E-state index contributed by atoms with van der Waals surface area (Å²) in [6.45, 7) is 10.2. The highest BCUT2D eigenvalue weighted by molar-refractivity contribution is 8.00. The van der Waals surface area contributed by atoms with Crippen LogP contribution in [0.3, 0.4) is 0 Å². The summed E-state index contributed by atoms with van der Waals surface area (Å²) in [6, 6.07) is 0. The zero-order chi connectivity index (χ0) is 15.4. The van der Waals surface area contributed by atoms with Crippen LogP contribution in [0.1, 0.15) is 53.4 Å². The van der Waals surface area contributed by atoms with E-state index in [1.807, 2.05) is 16.7 Å². The maximum absolute atomic E-state index is 13.1. The monoisotopic (exact) mass is 316 g/mol. The third kappa shape index (κ3) is 3.88. The first-order valence-corrected chi connectivity index (χ1v) is 8.91. The molecular formula is C15H28N2OS2. The molecule has 2 N–H and O–H groups in total. The van der Waals surface area contributed by atoms with Gasteiger partial charge in [0.25, 0.3) is 0 Å². The highest BCUT2D eigenvalue weighted by atomic mass is 32.2. The van der Waals surface area contributed by atoms with E-state index in [9.17, 15) is 4.79 Å². The van der Waals surface area contributed by atoms with E-state index < -0.39 is 5.41 Å². The van der Waals surface area contributed by atoms with Crippen LogP contribution < -0.4 is 5.73 Å². The van der Waals surface area contributed by atoms with Crippen molar-refractivity contribution < 1.29 is 4.79 Å². The molecule has 1 fully saturated rings. The first-order valence-electron chi connectivity index (χ1n) is 7.52. The molecule has 1 aliphatic rings. The van der Waals surface area contributed by atoms with Crippen molar-refractivity contribution in [2.45, 2.75) is 58.1 Å². The third-order valence-corrected chi connectivity index (χ3v) is 5.64. The predicted molar refractivity (Wildman–Crippen MR) is 92.2 cm³/mol. The molecule has 1 saturated heterocycles. The van der Waals surface area contributed by atoms with E-state index in [1.165, 1.54) is 0 Å². The Labute approximate surface area is 133 Å². The largest absolute Gasteiger partial charge is 0.392 e. The van der Waals surface area contributed by atoms with E-state index >= 15 is 0 Å². The maximum atomic E-state index is 13.1. The average molecular weight is 317 g/mol. The molecule has 0 radical (unpaired) electrons. The number of nitrogens with zero attached hydrogens (tertiary/aromatic N) is 1. The lowest BCUT2D eigenvalue weighted by atomic mass is 9.77. The summed E-state index contributed by atoms with van der Waals surface area (Å²) in [4.78, 5) is 15.4. The van der Waals surface area contributed by atoms with Crippen molar-refractivity contribution in [2.75, 3.05) is 18.8 Å². The molecule has 1 amide bonds. The van der Waals surface area contributed by atoms with Gasteiger partial charge in [-0.25, -0.2) is 0 Å². The van der Waals surface area contributed by atoms with Gasteiger partial charge >= 0.3 is 0 Å². The highest BCUT2D eigenvalue weighted by Gasteiger charge is 2.44. The predicted octanol–water partition coefficient (Wildman–Crippen LogP) is 3.21. The van der Waals surface area contributed by atoms with Crippen molar-refractivity contribution in [1.82, 2.24) is 4.90 Å². The molecule has 1 heterocycles. The van der Waals surface area contributed by atoms with Crippen molar-refractivity contribution in [3.63, 3.8) is 0 Å². The van der Waals surface area contributed by atoms with Crippen molar-refractivity contribution in [1.29, 1.82) is 0 Å². The summed E-state index contributed by atoms with van der Waals surface area (Å²) in [6.07, 6.45) is 3.38. The zero-order valence-corrected chi connectivity index (χ0v) is 14.8. The second-order valence-corrected chi connectivity index (χ2v) is 8.52. The van der Waals surface area contributed by atoms with E-state index in [4.69, 9.17) is 18.0 Å². The third-order valence-electron chi connectivity index (χ3n) is 3.95. The van der Waals surface area contributed by atoms with Gasteiger partial charge in [-0.1, -0.05) is 38.9 Å². The molecule has 0 atom stereocenters. The van der Waals surface area contributed by atoms with Crippen molar-refractivity contribution >= 4 is 34.9 Å². The summed E-state index contributed by atoms with van der Waals surface area (Å²) in [5.74, 6) is 1.15. The van der Waals surface area contributed by atoms with Gasteiger partial charge in [-0.2, -0.15) is 11.8 Å². The SMILES string of the molecule is CCCC(CCC)(C(=O)N1CCSC(C)(C)C1)C(N)=S. The number of carbonyl (C=O) groups excluding carboxylic acids is 1. The molecule has 116 valence electrons. The van der Waals surface area contributed by atoms with Crippen molar-refractivity contribution in [2.24, 2.45) is 11.1 Å². The Morgan fingerprint density at radius 3 is 2.30 bits per heavy atom. The molecule has 0 aromatic rings. The standard InChI is InChI=1S/C15H28N2OS2/c1-5-7-15(8-6-2,12(16)19)13(18)17-9-10-20-14(3,4)11-17/h5-11H2,1-4H3,(H2,16,19). The highest BCUT2D eigenvalue weighted by Crippen LogP contribution is 2.36. The summed E-state index contributed by atoms with van der Waals surface area (Å²) < 4.78 is 0.119. The lowest BCUT2D eigenvalue weighted by molar-refractivity contribution is -0.139. The number of hydrogen-bond donors (Lipinski definition) is 1. The van der Waals surface area contributed by atoms with Crippen LogP contribution in [0.2, 0.25) is 0 Å². The summed E-state index contributed by atoms with van der Waals surface area (Å²) >= 11 is 7.22.